The molecule has 1 aromatic rings. The van der Waals surface area contributed by atoms with Crippen LogP contribution in [0.5, 0.6) is 0 Å². The number of hydrogen-bond acceptors (Lipinski definition) is 4. The largest absolute Gasteiger partial charge is 0.479 e. The molecule has 1 aliphatic heterocycles. The van der Waals surface area contributed by atoms with E-state index >= 15 is 0 Å². The molecule has 24 heavy (non-hydrogen) atoms. The lowest BCUT2D eigenvalue weighted by Crippen LogP contribution is -2.43. The van der Waals surface area contributed by atoms with Crippen molar-refractivity contribution in [3.05, 3.63) is 35.4 Å². The molecule has 3 N–H and O–H groups in total. The maximum absolute atomic E-state index is 11.5. The van der Waals surface area contributed by atoms with Gasteiger partial charge in [0.15, 0.2) is 6.04 Å². The summed E-state index contributed by atoms with van der Waals surface area (Å²) in [6.45, 7) is 0.362. The van der Waals surface area contributed by atoms with Crippen molar-refractivity contribution in [1.82, 2.24) is 4.90 Å². The Morgan fingerprint density at radius 1 is 1.21 bits per heavy atom. The van der Waals surface area contributed by atoms with Crippen molar-refractivity contribution in [1.29, 1.82) is 0 Å². The van der Waals surface area contributed by atoms with Crippen LogP contribution >= 0.6 is 0 Å². The average molecular weight is 334 g/mol. The van der Waals surface area contributed by atoms with Gasteiger partial charge in [0.25, 0.3) is 0 Å². The van der Waals surface area contributed by atoms with E-state index in [9.17, 15) is 14.7 Å². The second-order valence-electron chi connectivity index (χ2n) is 6.25. The number of carboxylic acids is 1. The zero-order valence-corrected chi connectivity index (χ0v) is 14.1. The van der Waals surface area contributed by atoms with Gasteiger partial charge in [-0.2, -0.15) is 0 Å². The molecule has 0 bridgehead atoms. The van der Waals surface area contributed by atoms with Crippen LogP contribution in [0.25, 0.3) is 0 Å². The van der Waals surface area contributed by atoms with Crippen molar-refractivity contribution < 1.29 is 19.4 Å². The lowest BCUT2D eigenvalue weighted by atomic mass is 9.93. The number of carbonyl (C=O) groups excluding carboxylic acids is 1. The minimum Gasteiger partial charge on any atom is -0.479 e. The van der Waals surface area contributed by atoms with Crippen molar-refractivity contribution in [2.75, 3.05) is 13.7 Å². The molecule has 1 atom stereocenters. The number of carboxylic acid groups (broad SMARTS) is 1. The number of hydrogen-bond donors (Lipinski definition) is 2. The molecule has 0 saturated heterocycles. The fraction of sp³-hybridized carbons (Fsp3) is 0.556. The monoisotopic (exact) mass is 334 g/mol. The molecule has 2 aliphatic rings. The van der Waals surface area contributed by atoms with Crippen LogP contribution in [0.4, 0.5) is 4.79 Å². The summed E-state index contributed by atoms with van der Waals surface area (Å²) in [4.78, 5) is 24.1. The van der Waals surface area contributed by atoms with Gasteiger partial charge in [0.1, 0.15) is 0 Å². The van der Waals surface area contributed by atoms with Gasteiger partial charge in [-0.15, -0.1) is 0 Å². The number of nitrogens with two attached hydrogens (primary N) is 1. The normalized spacial score (nSPS) is 20.4. The van der Waals surface area contributed by atoms with Crippen LogP contribution in [0.3, 0.4) is 0 Å². The Balaban J connectivity index is 0.000000249. The SMILES string of the molecule is COC(=O)N1CCc2ccccc2C1C(=O)O.NC1CCCCC1. The van der Waals surface area contributed by atoms with Gasteiger partial charge < -0.3 is 15.6 Å². The summed E-state index contributed by atoms with van der Waals surface area (Å²) in [5.41, 5.74) is 7.27. The molecule has 1 heterocycles. The lowest BCUT2D eigenvalue weighted by molar-refractivity contribution is -0.143. The number of methoxy groups -OCH3 is 1. The van der Waals surface area contributed by atoms with Crippen molar-refractivity contribution in [2.45, 2.75) is 50.6 Å². The van der Waals surface area contributed by atoms with Gasteiger partial charge >= 0.3 is 12.1 Å². The molecule has 6 nitrogen and oxygen atoms in total. The summed E-state index contributed by atoms with van der Waals surface area (Å²) in [5, 5.41) is 9.25. The van der Waals surface area contributed by atoms with E-state index in [2.05, 4.69) is 4.74 Å². The molecule has 132 valence electrons. The first kappa shape index (κ1) is 18.3. The molecule has 0 spiro atoms. The summed E-state index contributed by atoms with van der Waals surface area (Å²) in [6.07, 6.45) is 6.71. The van der Waals surface area contributed by atoms with Gasteiger partial charge in [-0.3, -0.25) is 4.90 Å². The van der Waals surface area contributed by atoms with Crippen LogP contribution in [-0.2, 0) is 16.0 Å². The zero-order chi connectivity index (χ0) is 17.5. The third kappa shape index (κ3) is 4.47. The van der Waals surface area contributed by atoms with Crippen LogP contribution in [0.2, 0.25) is 0 Å². The van der Waals surface area contributed by atoms with E-state index in [0.29, 0.717) is 24.6 Å². The predicted octanol–water partition coefficient (Wildman–Crippen LogP) is 2.71. The first-order chi connectivity index (χ1) is 11.5. The van der Waals surface area contributed by atoms with Crippen molar-refractivity contribution in [2.24, 2.45) is 5.73 Å². The van der Waals surface area contributed by atoms with Crippen molar-refractivity contribution in [3.63, 3.8) is 0 Å². The molecule has 1 fully saturated rings. The maximum atomic E-state index is 11.5. The van der Waals surface area contributed by atoms with E-state index in [4.69, 9.17) is 5.73 Å². The highest BCUT2D eigenvalue weighted by atomic mass is 16.5. The first-order valence-corrected chi connectivity index (χ1v) is 8.45. The number of carbonyl (C=O) groups is 2. The van der Waals surface area contributed by atoms with Crippen LogP contribution in [0.15, 0.2) is 24.3 Å². The number of nitrogens with zero attached hydrogens (tertiary/aromatic N) is 1. The van der Waals surface area contributed by atoms with E-state index in [1.54, 1.807) is 12.1 Å². The Morgan fingerprint density at radius 2 is 1.88 bits per heavy atom. The summed E-state index contributed by atoms with van der Waals surface area (Å²) >= 11 is 0. The molecule has 1 aromatic carbocycles. The van der Waals surface area contributed by atoms with Gasteiger partial charge in [-0.1, -0.05) is 43.5 Å². The molecule has 0 aromatic heterocycles. The van der Waals surface area contributed by atoms with E-state index in [0.717, 1.165) is 5.56 Å². The summed E-state index contributed by atoms with van der Waals surface area (Å²) < 4.78 is 4.61. The minimum absolute atomic E-state index is 0.362. The third-order valence-corrected chi connectivity index (χ3v) is 4.58. The topological polar surface area (TPSA) is 92.9 Å². The molecular formula is C18H26N2O4. The van der Waals surface area contributed by atoms with E-state index in [1.807, 2.05) is 12.1 Å². The van der Waals surface area contributed by atoms with Crippen LogP contribution in [0, 0.1) is 0 Å². The van der Waals surface area contributed by atoms with Gasteiger partial charge in [0.05, 0.1) is 7.11 Å². The zero-order valence-electron chi connectivity index (χ0n) is 14.1. The standard InChI is InChI=1S/C12H13NO4.C6H13N/c1-17-12(16)13-7-6-8-4-2-3-5-9(8)10(13)11(14)15;7-6-4-2-1-3-5-6/h2-5,10H,6-7H2,1H3,(H,14,15);6H,1-5,7H2. The highest BCUT2D eigenvalue weighted by Crippen LogP contribution is 2.30. The molecule has 1 saturated carbocycles. The molecule has 1 unspecified atom stereocenters. The van der Waals surface area contributed by atoms with Gasteiger partial charge in [0.2, 0.25) is 0 Å². The number of rotatable bonds is 1. The number of amides is 1. The van der Waals surface area contributed by atoms with Gasteiger partial charge in [-0.25, -0.2) is 9.59 Å². The minimum atomic E-state index is -1.04. The maximum Gasteiger partial charge on any atom is 0.410 e. The smallest absolute Gasteiger partial charge is 0.410 e. The van der Waals surface area contributed by atoms with Crippen LogP contribution < -0.4 is 5.73 Å². The first-order valence-electron chi connectivity index (χ1n) is 8.45. The van der Waals surface area contributed by atoms with E-state index in [-0.39, 0.29) is 0 Å². The highest BCUT2D eigenvalue weighted by Gasteiger charge is 2.36. The van der Waals surface area contributed by atoms with Gasteiger partial charge in [-0.05, 0) is 30.4 Å². The second kappa shape index (κ2) is 8.68. The summed E-state index contributed by atoms with van der Waals surface area (Å²) in [6, 6.07) is 6.85. The van der Waals surface area contributed by atoms with Crippen LogP contribution in [0.1, 0.15) is 49.3 Å². The fourth-order valence-electron chi connectivity index (χ4n) is 3.28. The van der Waals surface area contributed by atoms with Gasteiger partial charge in [0, 0.05) is 12.6 Å². The molecule has 3 rings (SSSR count). The number of benzene rings is 1. The fourth-order valence-corrected chi connectivity index (χ4v) is 3.28. The van der Waals surface area contributed by atoms with Crippen molar-refractivity contribution >= 4 is 12.1 Å². The van der Waals surface area contributed by atoms with Crippen molar-refractivity contribution in [3.8, 4) is 0 Å². The third-order valence-electron chi connectivity index (χ3n) is 4.58. The Hall–Kier alpha value is -2.08. The van der Waals surface area contributed by atoms with E-state index in [1.165, 1.54) is 44.1 Å². The molecule has 0 radical (unpaired) electrons. The second-order valence-corrected chi connectivity index (χ2v) is 6.25. The highest BCUT2D eigenvalue weighted by molar-refractivity contribution is 5.82. The number of ether oxygens (including phenoxy) is 1. The van der Waals surface area contributed by atoms with Crippen LogP contribution in [-0.4, -0.2) is 41.8 Å². The Bertz CT molecular complexity index is 570. The lowest BCUT2D eigenvalue weighted by Gasteiger charge is -2.33. The number of aliphatic carboxylic acids is 1. The molecule has 1 amide bonds. The molecular weight excluding hydrogens is 308 g/mol. The summed E-state index contributed by atoms with van der Waals surface area (Å²) in [7, 11) is 1.25. The van der Waals surface area contributed by atoms with E-state index < -0.39 is 18.1 Å². The quantitative estimate of drug-likeness (QED) is 0.824. The Labute approximate surface area is 142 Å². The Morgan fingerprint density at radius 3 is 2.42 bits per heavy atom. The average Bonchev–Trinajstić information content (AvgIpc) is 2.61. The predicted molar refractivity (Wildman–Crippen MR) is 90.7 cm³/mol. The molecule has 6 heteroatoms. The summed E-state index contributed by atoms with van der Waals surface area (Å²) in [5.74, 6) is -1.04. The molecule has 1 aliphatic carbocycles. The Kier molecular flexibility index (Phi) is 6.61. The number of fused-ring (bicyclic) bond motifs is 1.